The molecule has 0 bridgehead atoms. The summed E-state index contributed by atoms with van der Waals surface area (Å²) in [6, 6.07) is -0.0493. The number of amides is 2. The number of alkyl carbamates (subject to hydrolysis) is 1. The molecule has 0 aromatic rings. The zero-order chi connectivity index (χ0) is 26.1. The Bertz CT molecular complexity index is 766. The lowest BCUT2D eigenvalue weighted by Crippen LogP contribution is -2.51. The van der Waals surface area contributed by atoms with Crippen LogP contribution in [-0.2, 0) is 14.3 Å². The Morgan fingerprint density at radius 1 is 1.31 bits per heavy atom. The summed E-state index contributed by atoms with van der Waals surface area (Å²) in [7, 11) is 0. The van der Waals surface area contributed by atoms with E-state index in [2.05, 4.69) is 16.0 Å². The van der Waals surface area contributed by atoms with E-state index < -0.39 is 17.6 Å². The first-order valence-corrected chi connectivity index (χ1v) is 12.6. The Morgan fingerprint density at radius 2 is 2.00 bits per heavy atom. The number of nitrogens with one attached hydrogen (secondary N) is 3. The average molecular weight is 502 g/mol. The maximum atomic E-state index is 13.2. The molecule has 1 aliphatic heterocycles. The van der Waals surface area contributed by atoms with Crippen LogP contribution >= 0.6 is 0 Å². The lowest BCUT2D eigenvalue weighted by molar-refractivity contribution is -0.123. The molecule has 1 saturated heterocycles. The van der Waals surface area contributed by atoms with Crippen LogP contribution in [0.25, 0.3) is 0 Å². The number of hydrogen-bond donors (Lipinski definition) is 4. The van der Waals surface area contributed by atoms with Crippen LogP contribution < -0.4 is 16.0 Å². The molecule has 8 nitrogen and oxygen atoms in total. The molecule has 3 atom stereocenters. The van der Waals surface area contributed by atoms with Crippen LogP contribution in [0.4, 0.5) is 13.6 Å². The quantitative estimate of drug-likeness (QED) is 0.288. The number of aliphatic hydroxyl groups is 1. The molecular formula is C25H41F2N3O5. The molecule has 1 heterocycles. The molecule has 2 aliphatic rings. The molecular weight excluding hydrogens is 460 g/mol. The summed E-state index contributed by atoms with van der Waals surface area (Å²) in [4.78, 5) is 35.9. The molecule has 3 unspecified atom stereocenters. The van der Waals surface area contributed by atoms with Crippen molar-refractivity contribution in [2.75, 3.05) is 26.3 Å². The molecule has 4 N–H and O–H groups in total. The van der Waals surface area contributed by atoms with Gasteiger partial charge < -0.3 is 25.8 Å². The highest BCUT2D eigenvalue weighted by molar-refractivity contribution is 5.93. The molecule has 1 saturated carbocycles. The van der Waals surface area contributed by atoms with Crippen LogP contribution in [0.1, 0.15) is 72.1 Å². The lowest BCUT2D eigenvalue weighted by Gasteiger charge is -2.33. The number of Topliss-reactive ketones (excluding diaryl/α,β-unsaturated/α-hetero) is 1. The van der Waals surface area contributed by atoms with E-state index in [0.717, 1.165) is 6.42 Å². The van der Waals surface area contributed by atoms with E-state index >= 15 is 0 Å². The van der Waals surface area contributed by atoms with Gasteiger partial charge in [0, 0.05) is 43.4 Å². The van der Waals surface area contributed by atoms with E-state index in [0.29, 0.717) is 44.2 Å². The molecule has 2 fully saturated rings. The maximum Gasteiger partial charge on any atom is 0.407 e. The average Bonchev–Trinajstić information content (AvgIpc) is 3.18. The number of rotatable bonds is 13. The van der Waals surface area contributed by atoms with E-state index in [4.69, 9.17) is 4.74 Å². The predicted molar refractivity (Wildman–Crippen MR) is 128 cm³/mol. The number of carbonyl (C=O) groups excluding carboxylic acids is 3. The zero-order valence-electron chi connectivity index (χ0n) is 21.1. The first-order valence-electron chi connectivity index (χ1n) is 12.6. The summed E-state index contributed by atoms with van der Waals surface area (Å²) in [5.41, 5.74) is -0.0375. The van der Waals surface area contributed by atoms with Gasteiger partial charge >= 0.3 is 6.09 Å². The Kier molecular flexibility index (Phi) is 11.1. The van der Waals surface area contributed by atoms with Crippen molar-refractivity contribution in [1.29, 1.82) is 0 Å². The van der Waals surface area contributed by atoms with Gasteiger partial charge in [0.25, 0.3) is 0 Å². The minimum atomic E-state index is -2.61. The van der Waals surface area contributed by atoms with Crippen molar-refractivity contribution >= 4 is 17.8 Å². The van der Waals surface area contributed by atoms with E-state index in [1.54, 1.807) is 0 Å². The third-order valence-corrected chi connectivity index (χ3v) is 6.92. The van der Waals surface area contributed by atoms with Crippen molar-refractivity contribution in [3.8, 4) is 0 Å². The van der Waals surface area contributed by atoms with Crippen LogP contribution in [-0.4, -0.2) is 66.7 Å². The summed E-state index contributed by atoms with van der Waals surface area (Å²) < 4.78 is 31.6. The van der Waals surface area contributed by atoms with Crippen molar-refractivity contribution in [3.05, 3.63) is 11.6 Å². The van der Waals surface area contributed by atoms with Crippen LogP contribution in [0, 0.1) is 11.8 Å². The van der Waals surface area contributed by atoms with Gasteiger partial charge in [-0.1, -0.05) is 6.08 Å². The molecule has 200 valence electrons. The van der Waals surface area contributed by atoms with Gasteiger partial charge in [-0.2, -0.15) is 0 Å². The van der Waals surface area contributed by atoms with Gasteiger partial charge in [0.1, 0.15) is 0 Å². The summed E-state index contributed by atoms with van der Waals surface area (Å²) in [6.45, 7) is 6.20. The summed E-state index contributed by atoms with van der Waals surface area (Å²) in [5.74, 6) is -2.85. The van der Waals surface area contributed by atoms with E-state index in [-0.39, 0.29) is 62.2 Å². The SMILES string of the molecule is CC(=O)/C(=C\CC(C)NC(C)(CO)CC1CCNC1=O)CCNC(=O)OCC1CCC(F)(F)CC1. The third kappa shape index (κ3) is 10.2. The van der Waals surface area contributed by atoms with Crippen LogP contribution in [0.2, 0.25) is 0 Å². The highest BCUT2D eigenvalue weighted by atomic mass is 19.3. The topological polar surface area (TPSA) is 117 Å². The number of alkyl halides is 2. The molecule has 10 heteroatoms. The van der Waals surface area contributed by atoms with Crippen LogP contribution in [0.3, 0.4) is 0 Å². The van der Waals surface area contributed by atoms with Gasteiger partial charge in [-0.3, -0.25) is 9.59 Å². The molecule has 1 aliphatic carbocycles. The molecule has 0 spiro atoms. The summed E-state index contributed by atoms with van der Waals surface area (Å²) in [5, 5.41) is 18.7. The fraction of sp³-hybridized carbons (Fsp3) is 0.800. The second-order valence-electron chi connectivity index (χ2n) is 10.3. The fourth-order valence-electron chi connectivity index (χ4n) is 4.76. The van der Waals surface area contributed by atoms with Crippen LogP contribution in [0.15, 0.2) is 11.6 Å². The van der Waals surface area contributed by atoms with E-state index in [1.165, 1.54) is 6.92 Å². The first kappa shape index (κ1) is 29.2. The number of ketones is 1. The van der Waals surface area contributed by atoms with Gasteiger partial charge in [0.2, 0.25) is 11.8 Å². The van der Waals surface area contributed by atoms with E-state index in [1.807, 2.05) is 19.9 Å². The normalized spacial score (nSPS) is 23.3. The standard InChI is InChI=1S/C25H41F2N3O5/c1-17(30-24(3,16-31)14-21-9-12-28-22(21)33)4-5-20(18(2)32)8-13-29-23(34)35-15-19-6-10-25(26,27)11-7-19/h5,17,19,21,30-31H,4,6-16H2,1-3H3,(H,28,33)(H,29,34)/b20-5-. The first-order chi connectivity index (χ1) is 16.4. The highest BCUT2D eigenvalue weighted by Gasteiger charge is 2.35. The fourth-order valence-corrected chi connectivity index (χ4v) is 4.76. The van der Waals surface area contributed by atoms with Gasteiger partial charge in [-0.05, 0) is 70.8 Å². The monoisotopic (exact) mass is 501 g/mol. The Morgan fingerprint density at radius 3 is 2.57 bits per heavy atom. The van der Waals surface area contributed by atoms with Gasteiger partial charge in [0.05, 0.1) is 13.2 Å². The number of hydrogen-bond acceptors (Lipinski definition) is 6. The van der Waals surface area contributed by atoms with E-state index in [9.17, 15) is 28.3 Å². The lowest BCUT2D eigenvalue weighted by atomic mass is 9.87. The zero-order valence-corrected chi connectivity index (χ0v) is 21.1. The maximum absolute atomic E-state index is 13.2. The molecule has 0 radical (unpaired) electrons. The Labute approximate surface area is 206 Å². The minimum absolute atomic E-state index is 0.0178. The second kappa shape index (κ2) is 13.3. The van der Waals surface area contributed by atoms with Crippen molar-refractivity contribution in [2.45, 2.75) is 89.6 Å². The van der Waals surface area contributed by atoms with Gasteiger partial charge in [-0.25, -0.2) is 13.6 Å². The van der Waals surface area contributed by atoms with Crippen molar-refractivity contribution in [3.63, 3.8) is 0 Å². The highest BCUT2D eigenvalue weighted by Crippen LogP contribution is 2.36. The molecule has 35 heavy (non-hydrogen) atoms. The van der Waals surface area contributed by atoms with Gasteiger partial charge in [0.15, 0.2) is 5.78 Å². The molecule has 2 rings (SSSR count). The Balaban J connectivity index is 1.73. The van der Waals surface area contributed by atoms with Gasteiger partial charge in [-0.15, -0.1) is 0 Å². The largest absolute Gasteiger partial charge is 0.449 e. The molecule has 0 aromatic carbocycles. The number of ether oxygens (including phenoxy) is 1. The van der Waals surface area contributed by atoms with Crippen molar-refractivity contribution in [1.82, 2.24) is 16.0 Å². The smallest absolute Gasteiger partial charge is 0.407 e. The molecule has 0 aromatic heterocycles. The van der Waals surface area contributed by atoms with Crippen molar-refractivity contribution < 1.29 is 33.0 Å². The second-order valence-corrected chi connectivity index (χ2v) is 10.3. The Hall–Kier alpha value is -2.07. The number of carbonyl (C=O) groups is 3. The molecule has 2 amide bonds. The summed E-state index contributed by atoms with van der Waals surface area (Å²) in [6.07, 6.45) is 3.71. The number of halogens is 2. The number of aliphatic hydroxyl groups excluding tert-OH is 1. The predicted octanol–water partition coefficient (Wildman–Crippen LogP) is 3.09. The minimum Gasteiger partial charge on any atom is -0.449 e. The van der Waals surface area contributed by atoms with Crippen molar-refractivity contribution in [2.24, 2.45) is 11.8 Å². The third-order valence-electron chi connectivity index (χ3n) is 6.92. The summed E-state index contributed by atoms with van der Waals surface area (Å²) >= 11 is 0. The van der Waals surface area contributed by atoms with Crippen LogP contribution in [0.5, 0.6) is 0 Å².